The molecule has 0 amide bonds. The van der Waals surface area contributed by atoms with Gasteiger partial charge < -0.3 is 24.8 Å². The first-order valence-corrected chi connectivity index (χ1v) is 15.1. The molecule has 4 aromatic carbocycles. The van der Waals surface area contributed by atoms with E-state index in [0.29, 0.717) is 11.3 Å². The summed E-state index contributed by atoms with van der Waals surface area (Å²) < 4.78 is 1.60. The van der Waals surface area contributed by atoms with Gasteiger partial charge in [-0.2, -0.15) is 41.5 Å². The second-order valence-corrected chi connectivity index (χ2v) is 13.0. The number of rotatable bonds is 4. The Hall–Kier alpha value is -2.31. The smallest absolute Gasteiger partial charge is 0.0253 e. The first-order valence-electron chi connectivity index (χ1n) is 13.8. The molecule has 6 rings (SSSR count). The van der Waals surface area contributed by atoms with Gasteiger partial charge >= 0.3 is 112 Å². The van der Waals surface area contributed by atoms with Crippen LogP contribution in [0.15, 0.2) is 121 Å². The summed E-state index contributed by atoms with van der Waals surface area (Å²) in [6.07, 6.45) is 10.9. The van der Waals surface area contributed by atoms with Crippen LogP contribution < -0.4 is 24.8 Å². The molecule has 2 aliphatic carbocycles. The Labute approximate surface area is 275 Å². The van der Waals surface area contributed by atoms with Crippen molar-refractivity contribution < 1.29 is 49.0 Å². The molecule has 0 N–H and O–H groups in total. The predicted molar refractivity (Wildman–Crippen MR) is 163 cm³/mol. The number of hydrogen-bond acceptors (Lipinski definition) is 0. The topological polar surface area (TPSA) is 0 Å². The molecule has 0 bridgehead atoms. The van der Waals surface area contributed by atoms with Crippen molar-refractivity contribution in [1.29, 1.82) is 0 Å². The zero-order chi connectivity index (χ0) is 27.7. The van der Waals surface area contributed by atoms with E-state index in [0.717, 1.165) is 19.3 Å². The molecule has 0 nitrogen and oxygen atoms in total. The monoisotopic (exact) mass is 654 g/mol. The van der Waals surface area contributed by atoms with Gasteiger partial charge in [-0.3, -0.25) is 6.08 Å². The summed E-state index contributed by atoms with van der Waals surface area (Å²) >= 11 is 1.55. The zero-order valence-corrected chi connectivity index (χ0v) is 28.4. The van der Waals surface area contributed by atoms with E-state index in [-0.39, 0.29) is 24.8 Å². The Bertz CT molecular complexity index is 1340. The van der Waals surface area contributed by atoms with Gasteiger partial charge in [-0.25, -0.2) is 6.08 Å². The molecule has 0 heterocycles. The van der Waals surface area contributed by atoms with Crippen LogP contribution >= 0.6 is 0 Å². The van der Waals surface area contributed by atoms with E-state index in [1.165, 1.54) is 39.0 Å². The van der Waals surface area contributed by atoms with Crippen LogP contribution in [0.4, 0.5) is 0 Å². The van der Waals surface area contributed by atoms with Crippen molar-refractivity contribution in [2.24, 2.45) is 11.3 Å². The van der Waals surface area contributed by atoms with Crippen LogP contribution in [0.1, 0.15) is 49.9 Å². The van der Waals surface area contributed by atoms with E-state index in [1.54, 1.807) is 27.4 Å². The molecule has 41 heavy (non-hydrogen) atoms. The molecule has 3 heteroatoms. The maximum atomic E-state index is 3.30. The Morgan fingerprint density at radius 3 is 1.80 bits per heavy atom. The minimum Gasteiger partial charge on any atom is -0.179 e. The third-order valence-corrected chi connectivity index (χ3v) is 7.80. The van der Waals surface area contributed by atoms with Crippen LogP contribution in [-0.4, -0.2) is 3.21 Å². The summed E-state index contributed by atoms with van der Waals surface area (Å²) in [5, 5.41) is 0. The second-order valence-electron chi connectivity index (χ2n) is 11.3. The van der Waals surface area contributed by atoms with Crippen molar-refractivity contribution in [3.8, 4) is 11.1 Å². The SMILES string of the molecule is CC1[C-]=CC(C(C)(C)C)=C1.[Cl-].[Cl-].[Zr+2]=[C](Cc1ccccc1)Cc1ccccc1.[c-]1cccc2c1Cc1ccccc1-2. The largest absolute Gasteiger partial charge is 0.179 e. The number of hydrogen-bond donors (Lipinski definition) is 0. The van der Waals surface area contributed by atoms with E-state index < -0.39 is 0 Å². The second kappa shape index (κ2) is 17.0. The molecule has 0 aliphatic heterocycles. The molecule has 0 aromatic heterocycles. The van der Waals surface area contributed by atoms with Crippen LogP contribution in [-0.2, 0) is 43.5 Å². The Morgan fingerprint density at radius 2 is 1.29 bits per heavy atom. The van der Waals surface area contributed by atoms with Crippen LogP contribution in [0.5, 0.6) is 0 Å². The molecule has 2 aliphatic rings. The zero-order valence-electron chi connectivity index (χ0n) is 24.4. The third-order valence-electron chi connectivity index (χ3n) is 6.93. The summed E-state index contributed by atoms with van der Waals surface area (Å²) in [5.74, 6) is 0.522. The average Bonchev–Trinajstić information content (AvgIpc) is 3.54. The first-order chi connectivity index (χ1) is 18.8. The standard InChI is InChI=1S/C15H14.C13H9.C10H15.2ClH.Zr/c1-3-8-14(9-4-1)12-7-13-15-10-5-2-6-11-15;1-3-7-12-10(5-1)9-11-6-2-4-8-13(11)12;1-8-5-6-9(7-8)10(2,3)4;;;/h1-6,8-11H,12-13H2;1-5,7-8H,9H2;6-8H,1-4H3;2*1H;/q;2*-1;;;+2/p-2. The maximum Gasteiger partial charge on any atom is -0.0253 e. The minimum absolute atomic E-state index is 0. The molecule has 0 saturated heterocycles. The summed E-state index contributed by atoms with van der Waals surface area (Å²) in [7, 11) is 0. The molecule has 210 valence electrons. The molecule has 0 radical (unpaired) electrons. The quantitative estimate of drug-likeness (QED) is 0.261. The fraction of sp³-hybridized carbons (Fsp3) is 0.237. The molecular weight excluding hydrogens is 619 g/mol. The molecular formula is C38H38Cl2Zr-2. The molecule has 0 saturated carbocycles. The third kappa shape index (κ3) is 10.8. The van der Waals surface area contributed by atoms with Crippen molar-refractivity contribution in [1.82, 2.24) is 0 Å². The van der Waals surface area contributed by atoms with Crippen LogP contribution in [0, 0.1) is 23.5 Å². The molecule has 1 atom stereocenters. The number of fused-ring (bicyclic) bond motifs is 3. The van der Waals surface area contributed by atoms with Crippen LogP contribution in [0.25, 0.3) is 11.1 Å². The minimum atomic E-state index is 0. The van der Waals surface area contributed by atoms with Crippen molar-refractivity contribution in [3.63, 3.8) is 0 Å². The van der Waals surface area contributed by atoms with Gasteiger partial charge in [-0.05, 0) is 6.42 Å². The van der Waals surface area contributed by atoms with E-state index in [9.17, 15) is 0 Å². The van der Waals surface area contributed by atoms with Gasteiger partial charge in [-0.15, -0.1) is 5.56 Å². The molecule has 0 spiro atoms. The van der Waals surface area contributed by atoms with Crippen LogP contribution in [0.2, 0.25) is 0 Å². The van der Waals surface area contributed by atoms with Gasteiger partial charge in [0.05, 0.1) is 0 Å². The van der Waals surface area contributed by atoms with Gasteiger partial charge in [-0.1, -0.05) is 74.4 Å². The fourth-order valence-corrected chi connectivity index (χ4v) is 5.80. The Kier molecular flexibility index (Phi) is 14.4. The van der Waals surface area contributed by atoms with Gasteiger partial charge in [0.25, 0.3) is 0 Å². The number of benzene rings is 4. The summed E-state index contributed by atoms with van der Waals surface area (Å²) in [5.41, 5.74) is 10.1. The molecule has 0 fully saturated rings. The summed E-state index contributed by atoms with van der Waals surface area (Å²) in [6.45, 7) is 8.86. The van der Waals surface area contributed by atoms with E-state index in [1.807, 2.05) is 6.07 Å². The van der Waals surface area contributed by atoms with Gasteiger partial charge in [0, 0.05) is 0 Å². The summed E-state index contributed by atoms with van der Waals surface area (Å²) in [6, 6.07) is 39.5. The van der Waals surface area contributed by atoms with E-state index in [4.69, 9.17) is 0 Å². The maximum absolute atomic E-state index is 3.30. The molecule has 1 unspecified atom stereocenters. The first kappa shape index (κ1) is 34.9. The van der Waals surface area contributed by atoms with E-state index in [2.05, 4.69) is 149 Å². The van der Waals surface area contributed by atoms with Gasteiger partial charge in [0.15, 0.2) is 0 Å². The Balaban J connectivity index is 0.000000215. The van der Waals surface area contributed by atoms with Crippen molar-refractivity contribution in [2.45, 2.75) is 47.0 Å². The average molecular weight is 657 g/mol. The summed E-state index contributed by atoms with van der Waals surface area (Å²) in [4.78, 5) is 0. The predicted octanol–water partition coefficient (Wildman–Crippen LogP) is 3.22. The fourth-order valence-electron chi connectivity index (χ4n) is 4.80. The van der Waals surface area contributed by atoms with Crippen molar-refractivity contribution in [2.75, 3.05) is 0 Å². The van der Waals surface area contributed by atoms with Crippen molar-refractivity contribution in [3.05, 3.63) is 155 Å². The van der Waals surface area contributed by atoms with Crippen molar-refractivity contribution >= 4 is 3.21 Å². The number of halogens is 2. The Morgan fingerprint density at radius 1 is 0.756 bits per heavy atom. The molecule has 4 aromatic rings. The normalized spacial score (nSPS) is 14.0. The van der Waals surface area contributed by atoms with Gasteiger partial charge in [0.1, 0.15) is 0 Å². The number of allylic oxidation sites excluding steroid dienone is 4. The van der Waals surface area contributed by atoms with E-state index >= 15 is 0 Å². The van der Waals surface area contributed by atoms with Gasteiger partial charge in [0.2, 0.25) is 0 Å². The van der Waals surface area contributed by atoms with Crippen LogP contribution in [0.3, 0.4) is 0 Å².